The fourth-order valence-electron chi connectivity index (χ4n) is 5.91. The molecule has 1 aliphatic heterocycles. The van der Waals surface area contributed by atoms with Gasteiger partial charge in [-0.2, -0.15) is 0 Å². The Bertz CT molecular complexity index is 349. The molecule has 0 aromatic heterocycles. The average molecular weight is 310 g/mol. The zero-order valence-corrected chi connectivity index (χ0v) is 14.6. The number of nitrogens with zero attached hydrogens (tertiary/aromatic N) is 1. The highest BCUT2D eigenvalue weighted by molar-refractivity contribution is 4.84. The van der Waals surface area contributed by atoms with Gasteiger partial charge in [0.05, 0.1) is 37.8 Å². The summed E-state index contributed by atoms with van der Waals surface area (Å²) < 4.78 is 1.26. The molecule has 3 aliphatic rings. The average Bonchev–Trinajstić information content (AvgIpc) is 3.18. The number of aliphatic hydroxyl groups excluding tert-OH is 1. The molecule has 4 atom stereocenters. The molecule has 2 aliphatic carbocycles. The van der Waals surface area contributed by atoms with E-state index < -0.39 is 0 Å². The van der Waals surface area contributed by atoms with Crippen molar-refractivity contribution in [1.82, 2.24) is 0 Å². The van der Waals surface area contributed by atoms with Gasteiger partial charge in [0, 0.05) is 11.8 Å². The van der Waals surface area contributed by atoms with Crippen LogP contribution >= 0.6 is 0 Å². The summed E-state index contributed by atoms with van der Waals surface area (Å²) in [6, 6.07) is 1.13. The molecule has 3 rings (SSSR count). The van der Waals surface area contributed by atoms with Crippen molar-refractivity contribution in [2.45, 2.75) is 89.3 Å². The molecule has 0 amide bonds. The van der Waals surface area contributed by atoms with Crippen LogP contribution in [0.4, 0.5) is 0 Å². The van der Waals surface area contributed by atoms with Crippen LogP contribution in [0.15, 0.2) is 0 Å². The molecule has 22 heavy (non-hydrogen) atoms. The van der Waals surface area contributed by atoms with Gasteiger partial charge in [-0.25, -0.2) is 0 Å². The van der Waals surface area contributed by atoms with Crippen LogP contribution in [-0.4, -0.2) is 47.4 Å². The Morgan fingerprint density at radius 3 is 2.32 bits per heavy atom. The topological polar surface area (TPSA) is 46.2 Å². The zero-order valence-electron chi connectivity index (χ0n) is 14.6. The van der Waals surface area contributed by atoms with Gasteiger partial charge in [-0.05, 0) is 51.4 Å². The van der Waals surface area contributed by atoms with E-state index in [4.69, 9.17) is 5.73 Å². The van der Waals surface area contributed by atoms with Crippen molar-refractivity contribution in [1.29, 1.82) is 0 Å². The monoisotopic (exact) mass is 309 g/mol. The summed E-state index contributed by atoms with van der Waals surface area (Å²) in [5.74, 6) is 1.35. The molecule has 4 unspecified atom stereocenters. The van der Waals surface area contributed by atoms with Gasteiger partial charge in [0.2, 0.25) is 0 Å². The summed E-state index contributed by atoms with van der Waals surface area (Å²) in [6.07, 6.45) is 13.1. The van der Waals surface area contributed by atoms with E-state index in [9.17, 15) is 5.11 Å². The van der Waals surface area contributed by atoms with Gasteiger partial charge < -0.3 is 15.3 Å². The minimum Gasteiger partial charge on any atom is -0.393 e. The van der Waals surface area contributed by atoms with Crippen molar-refractivity contribution in [3.05, 3.63) is 0 Å². The predicted molar refractivity (Wildman–Crippen MR) is 91.5 cm³/mol. The molecule has 0 bridgehead atoms. The Morgan fingerprint density at radius 2 is 1.68 bits per heavy atom. The molecule has 128 valence electrons. The highest BCUT2D eigenvalue weighted by Crippen LogP contribution is 2.39. The molecule has 1 heterocycles. The lowest BCUT2D eigenvalue weighted by Crippen LogP contribution is -2.66. The van der Waals surface area contributed by atoms with E-state index in [2.05, 4.69) is 6.92 Å². The van der Waals surface area contributed by atoms with Crippen molar-refractivity contribution >= 4 is 0 Å². The van der Waals surface area contributed by atoms with E-state index in [0.717, 1.165) is 24.8 Å². The molecule has 0 aromatic carbocycles. The van der Waals surface area contributed by atoms with Gasteiger partial charge in [0.15, 0.2) is 0 Å². The van der Waals surface area contributed by atoms with Gasteiger partial charge in [0.25, 0.3) is 0 Å². The molecule has 3 heteroatoms. The SMILES string of the molecule is CCC(O)C1CC(N)C[N+](CC2CCCC2)(C2CCCC2)C1. The summed E-state index contributed by atoms with van der Waals surface area (Å²) in [6.45, 7) is 5.84. The van der Waals surface area contributed by atoms with Gasteiger partial charge in [-0.1, -0.05) is 19.8 Å². The smallest absolute Gasteiger partial charge is 0.0942 e. The number of nitrogens with two attached hydrogens (primary N) is 1. The van der Waals surface area contributed by atoms with Crippen molar-refractivity contribution in [2.75, 3.05) is 19.6 Å². The van der Waals surface area contributed by atoms with E-state index in [1.165, 1.54) is 75.5 Å². The number of hydrogen-bond acceptors (Lipinski definition) is 2. The van der Waals surface area contributed by atoms with Gasteiger partial charge >= 0.3 is 0 Å². The minimum atomic E-state index is -0.145. The highest BCUT2D eigenvalue weighted by Gasteiger charge is 2.47. The van der Waals surface area contributed by atoms with Crippen molar-refractivity contribution in [2.24, 2.45) is 17.6 Å². The van der Waals surface area contributed by atoms with Crippen LogP contribution in [0.5, 0.6) is 0 Å². The Kier molecular flexibility index (Phi) is 5.47. The largest absolute Gasteiger partial charge is 0.393 e. The summed E-state index contributed by atoms with van der Waals surface area (Å²) in [4.78, 5) is 0. The number of quaternary nitrogens is 1. The number of aliphatic hydroxyl groups is 1. The summed E-state index contributed by atoms with van der Waals surface area (Å²) in [5.41, 5.74) is 6.51. The first-order valence-corrected chi connectivity index (χ1v) is 9.92. The van der Waals surface area contributed by atoms with Crippen LogP contribution in [0.1, 0.15) is 71.1 Å². The molecule has 3 fully saturated rings. The van der Waals surface area contributed by atoms with Crippen LogP contribution in [-0.2, 0) is 0 Å². The van der Waals surface area contributed by atoms with Crippen LogP contribution in [0, 0.1) is 11.8 Å². The summed E-state index contributed by atoms with van der Waals surface area (Å²) >= 11 is 0. The van der Waals surface area contributed by atoms with Crippen LogP contribution < -0.4 is 5.73 Å². The van der Waals surface area contributed by atoms with E-state index in [1.54, 1.807) is 0 Å². The first kappa shape index (κ1) is 16.7. The maximum absolute atomic E-state index is 10.5. The molecule has 0 spiro atoms. The summed E-state index contributed by atoms with van der Waals surface area (Å²) in [5, 5.41) is 10.5. The molecule has 2 saturated carbocycles. The van der Waals surface area contributed by atoms with Crippen LogP contribution in [0.3, 0.4) is 0 Å². The van der Waals surface area contributed by atoms with Gasteiger partial charge in [0.1, 0.15) is 0 Å². The molecular formula is C19H37N2O+. The van der Waals surface area contributed by atoms with E-state index >= 15 is 0 Å². The van der Waals surface area contributed by atoms with Crippen molar-refractivity contribution in [3.8, 4) is 0 Å². The second kappa shape index (κ2) is 7.19. The number of likely N-dealkylation sites (tertiary alicyclic amines) is 1. The minimum absolute atomic E-state index is 0.145. The first-order valence-electron chi connectivity index (χ1n) is 9.92. The lowest BCUT2D eigenvalue weighted by Gasteiger charge is -2.52. The van der Waals surface area contributed by atoms with Crippen LogP contribution in [0.25, 0.3) is 0 Å². The lowest BCUT2D eigenvalue weighted by atomic mass is 9.84. The second-order valence-electron chi connectivity index (χ2n) is 8.59. The fourth-order valence-corrected chi connectivity index (χ4v) is 5.91. The number of rotatable bonds is 5. The maximum Gasteiger partial charge on any atom is 0.0942 e. The number of piperidine rings is 1. The van der Waals surface area contributed by atoms with Gasteiger partial charge in [-0.3, -0.25) is 0 Å². The van der Waals surface area contributed by atoms with Crippen molar-refractivity contribution in [3.63, 3.8) is 0 Å². The Balaban J connectivity index is 1.79. The van der Waals surface area contributed by atoms with E-state index in [0.29, 0.717) is 12.0 Å². The zero-order chi connectivity index (χ0) is 15.6. The summed E-state index contributed by atoms with van der Waals surface area (Å²) in [7, 11) is 0. The highest BCUT2D eigenvalue weighted by atomic mass is 16.3. The van der Waals surface area contributed by atoms with Crippen LogP contribution in [0.2, 0.25) is 0 Å². The third kappa shape index (κ3) is 3.52. The Morgan fingerprint density at radius 1 is 1.05 bits per heavy atom. The third-order valence-corrected chi connectivity index (χ3v) is 6.96. The van der Waals surface area contributed by atoms with E-state index in [1.807, 2.05) is 0 Å². The van der Waals surface area contributed by atoms with Crippen molar-refractivity contribution < 1.29 is 9.59 Å². The molecule has 0 aromatic rings. The molecule has 3 nitrogen and oxygen atoms in total. The van der Waals surface area contributed by atoms with E-state index in [-0.39, 0.29) is 6.10 Å². The van der Waals surface area contributed by atoms with Gasteiger partial charge in [-0.15, -0.1) is 0 Å². The maximum atomic E-state index is 10.5. The first-order chi connectivity index (χ1) is 10.6. The third-order valence-electron chi connectivity index (χ3n) is 6.96. The molecule has 1 saturated heterocycles. The fraction of sp³-hybridized carbons (Fsp3) is 1.00. The second-order valence-corrected chi connectivity index (χ2v) is 8.59. The quantitative estimate of drug-likeness (QED) is 0.767. The Labute approximate surface area is 136 Å². The predicted octanol–water partition coefficient (Wildman–Crippen LogP) is 3.05. The molecule has 0 radical (unpaired) electrons. The lowest BCUT2D eigenvalue weighted by molar-refractivity contribution is -0.961. The Hall–Kier alpha value is -0.120. The number of hydrogen-bond donors (Lipinski definition) is 2. The molecule has 3 N–H and O–H groups in total. The normalized spacial score (nSPS) is 39.4. The standard InChI is InChI=1S/C19H37N2O/c1-2-19(22)16-11-17(20)14-21(13-16,18-9-5-6-10-18)12-15-7-3-4-8-15/h15-19,22H,2-14,20H2,1H3/q+1. The molecular weight excluding hydrogens is 272 g/mol.